The summed E-state index contributed by atoms with van der Waals surface area (Å²) in [6, 6.07) is 9.61. The molecule has 160 valence electrons. The molecule has 1 N–H and O–H groups in total. The molecular weight excluding hydrogens is 408 g/mol. The molecule has 0 aromatic heterocycles. The summed E-state index contributed by atoms with van der Waals surface area (Å²) in [7, 11) is 0. The summed E-state index contributed by atoms with van der Waals surface area (Å²) in [6.45, 7) is 5.39. The number of rotatable bonds is 5. The Morgan fingerprint density at radius 3 is 2.80 bits per heavy atom. The van der Waals surface area contributed by atoms with Gasteiger partial charge in [-0.2, -0.15) is 0 Å². The highest BCUT2D eigenvalue weighted by Gasteiger charge is 2.45. The summed E-state index contributed by atoms with van der Waals surface area (Å²) in [5, 5.41) is 3.59. The van der Waals surface area contributed by atoms with Gasteiger partial charge in [0, 0.05) is 35.9 Å². The van der Waals surface area contributed by atoms with Gasteiger partial charge < -0.3 is 5.32 Å². The second-order valence-electron chi connectivity index (χ2n) is 8.42. The fourth-order valence-electron chi connectivity index (χ4n) is 4.77. The molecule has 1 spiro atoms. The highest BCUT2D eigenvalue weighted by Crippen LogP contribution is 2.38. The number of carbonyl (C=O) groups excluding carboxylic acids is 1. The van der Waals surface area contributed by atoms with Gasteiger partial charge in [-0.25, -0.2) is 8.78 Å². The van der Waals surface area contributed by atoms with Crippen molar-refractivity contribution < 1.29 is 13.6 Å². The van der Waals surface area contributed by atoms with E-state index < -0.39 is 11.6 Å². The fraction of sp³-hybridized carbons (Fsp3) is 0.435. The van der Waals surface area contributed by atoms with Crippen molar-refractivity contribution in [2.24, 2.45) is 0 Å². The monoisotopic (exact) mass is 433 g/mol. The zero-order chi connectivity index (χ0) is 21.3. The third-order valence-electron chi connectivity index (χ3n) is 6.42. The van der Waals surface area contributed by atoms with E-state index in [4.69, 9.17) is 11.6 Å². The molecule has 0 saturated carbocycles. The lowest BCUT2D eigenvalue weighted by atomic mass is 9.94. The molecule has 2 aliphatic rings. The van der Waals surface area contributed by atoms with Crippen molar-refractivity contribution in [3.8, 4) is 0 Å². The largest absolute Gasteiger partial charge is 0.325 e. The van der Waals surface area contributed by atoms with Crippen LogP contribution in [-0.2, 0) is 11.3 Å². The molecular formula is C23H26ClF2N3O. The number of nitrogens with zero attached hydrogens (tertiary/aromatic N) is 2. The average Bonchev–Trinajstić information content (AvgIpc) is 3.29. The molecule has 4 rings (SSSR count). The second-order valence-corrected chi connectivity index (χ2v) is 8.83. The number of benzene rings is 2. The molecule has 2 fully saturated rings. The first kappa shape index (κ1) is 21.2. The lowest BCUT2D eigenvalue weighted by Crippen LogP contribution is -2.46. The summed E-state index contributed by atoms with van der Waals surface area (Å²) in [4.78, 5) is 17.1. The van der Waals surface area contributed by atoms with Crippen LogP contribution in [0.1, 0.15) is 30.4 Å². The predicted molar refractivity (Wildman–Crippen MR) is 115 cm³/mol. The molecule has 2 heterocycles. The molecule has 4 nitrogen and oxygen atoms in total. The molecule has 7 heteroatoms. The van der Waals surface area contributed by atoms with Gasteiger partial charge in [0.05, 0.1) is 6.54 Å². The van der Waals surface area contributed by atoms with E-state index >= 15 is 0 Å². The number of hydrogen-bond acceptors (Lipinski definition) is 3. The van der Waals surface area contributed by atoms with Crippen molar-refractivity contribution in [3.05, 3.63) is 64.2 Å². The van der Waals surface area contributed by atoms with Crippen molar-refractivity contribution in [1.29, 1.82) is 0 Å². The van der Waals surface area contributed by atoms with Crippen LogP contribution in [0.15, 0.2) is 36.4 Å². The van der Waals surface area contributed by atoms with Crippen LogP contribution in [0.5, 0.6) is 0 Å². The highest BCUT2D eigenvalue weighted by molar-refractivity contribution is 6.31. The second kappa shape index (κ2) is 8.61. The summed E-state index contributed by atoms with van der Waals surface area (Å²) in [5.41, 5.74) is 2.38. The van der Waals surface area contributed by atoms with Crippen molar-refractivity contribution in [2.45, 2.75) is 38.3 Å². The molecule has 2 aliphatic heterocycles. The first-order chi connectivity index (χ1) is 14.4. The maximum atomic E-state index is 13.6. The molecule has 2 saturated heterocycles. The van der Waals surface area contributed by atoms with E-state index in [1.807, 2.05) is 19.1 Å². The van der Waals surface area contributed by atoms with Crippen LogP contribution in [0.2, 0.25) is 5.02 Å². The Bertz CT molecular complexity index is 954. The fourth-order valence-corrected chi connectivity index (χ4v) is 4.95. The Labute approximate surface area is 180 Å². The maximum Gasteiger partial charge on any atom is 0.238 e. The van der Waals surface area contributed by atoms with Crippen molar-refractivity contribution in [1.82, 2.24) is 9.80 Å². The van der Waals surface area contributed by atoms with E-state index in [-0.39, 0.29) is 11.4 Å². The van der Waals surface area contributed by atoms with Crippen LogP contribution in [0.3, 0.4) is 0 Å². The van der Waals surface area contributed by atoms with Crippen LogP contribution in [0.25, 0.3) is 0 Å². The minimum Gasteiger partial charge on any atom is -0.325 e. The zero-order valence-corrected chi connectivity index (χ0v) is 17.8. The molecule has 0 radical (unpaired) electrons. The first-order valence-corrected chi connectivity index (χ1v) is 10.7. The van der Waals surface area contributed by atoms with Crippen LogP contribution >= 0.6 is 11.6 Å². The molecule has 2 aromatic carbocycles. The maximum absolute atomic E-state index is 13.6. The Hall–Kier alpha value is -2.02. The third-order valence-corrected chi connectivity index (χ3v) is 6.83. The molecule has 0 aliphatic carbocycles. The van der Waals surface area contributed by atoms with E-state index in [1.165, 1.54) is 12.1 Å². The van der Waals surface area contributed by atoms with Gasteiger partial charge in [0.2, 0.25) is 5.91 Å². The number of anilines is 1. The average molecular weight is 434 g/mol. The molecule has 30 heavy (non-hydrogen) atoms. The smallest absolute Gasteiger partial charge is 0.238 e. The number of amides is 1. The third kappa shape index (κ3) is 4.36. The first-order valence-electron chi connectivity index (χ1n) is 10.3. The van der Waals surface area contributed by atoms with Gasteiger partial charge in [0.15, 0.2) is 11.6 Å². The summed E-state index contributed by atoms with van der Waals surface area (Å²) in [5.74, 6) is -1.67. The lowest BCUT2D eigenvalue weighted by molar-refractivity contribution is -0.117. The normalized spacial score (nSPS) is 22.1. The molecule has 0 bridgehead atoms. The van der Waals surface area contributed by atoms with E-state index in [9.17, 15) is 13.6 Å². The molecule has 1 atom stereocenters. The topological polar surface area (TPSA) is 35.6 Å². The predicted octanol–water partition coefficient (Wildman–Crippen LogP) is 4.61. The molecule has 1 amide bonds. The van der Waals surface area contributed by atoms with Crippen LogP contribution < -0.4 is 5.32 Å². The van der Waals surface area contributed by atoms with Gasteiger partial charge in [0.1, 0.15) is 0 Å². The van der Waals surface area contributed by atoms with E-state index in [1.54, 1.807) is 12.1 Å². The number of halogens is 3. The molecule has 1 unspecified atom stereocenters. The lowest BCUT2D eigenvalue weighted by Gasteiger charge is -2.35. The summed E-state index contributed by atoms with van der Waals surface area (Å²) < 4.78 is 26.8. The van der Waals surface area contributed by atoms with E-state index in [0.29, 0.717) is 18.1 Å². The zero-order valence-electron chi connectivity index (χ0n) is 17.1. The van der Waals surface area contributed by atoms with Gasteiger partial charge in [-0.3, -0.25) is 14.6 Å². The van der Waals surface area contributed by atoms with Crippen molar-refractivity contribution in [2.75, 3.05) is 31.5 Å². The number of carbonyl (C=O) groups is 1. The van der Waals surface area contributed by atoms with Crippen LogP contribution in [0, 0.1) is 18.6 Å². The van der Waals surface area contributed by atoms with Crippen molar-refractivity contribution >= 4 is 23.2 Å². The van der Waals surface area contributed by atoms with E-state index in [0.717, 1.165) is 55.7 Å². The van der Waals surface area contributed by atoms with Crippen LogP contribution in [0.4, 0.5) is 14.5 Å². The SMILES string of the molecule is Cc1c(Cl)cccc1NC(=O)CN1CCC2(CCCN2Cc2ccc(F)c(F)c2)C1. The van der Waals surface area contributed by atoms with Crippen LogP contribution in [-0.4, -0.2) is 47.4 Å². The minimum absolute atomic E-state index is 0.00286. The summed E-state index contributed by atoms with van der Waals surface area (Å²) in [6.07, 6.45) is 3.10. The standard InChI is InChI=1S/C23H26ClF2N3O/c1-16-18(24)4-2-5-21(16)27-22(30)14-28-11-9-23(15-28)8-3-10-29(23)13-17-6-7-19(25)20(26)12-17/h2,4-7,12H,3,8-11,13-15H2,1H3,(H,27,30). The van der Waals surface area contributed by atoms with Gasteiger partial charge >= 0.3 is 0 Å². The van der Waals surface area contributed by atoms with Gasteiger partial charge in [-0.1, -0.05) is 23.7 Å². The van der Waals surface area contributed by atoms with Gasteiger partial charge in [-0.05, 0) is 68.1 Å². The minimum atomic E-state index is -0.817. The van der Waals surface area contributed by atoms with Gasteiger partial charge in [0.25, 0.3) is 0 Å². The number of likely N-dealkylation sites (tertiary alicyclic amines) is 2. The molecule has 2 aromatic rings. The summed E-state index contributed by atoms with van der Waals surface area (Å²) >= 11 is 6.14. The van der Waals surface area contributed by atoms with Crippen molar-refractivity contribution in [3.63, 3.8) is 0 Å². The Kier molecular flexibility index (Phi) is 6.09. The highest BCUT2D eigenvalue weighted by atomic mass is 35.5. The Morgan fingerprint density at radius 1 is 1.17 bits per heavy atom. The van der Waals surface area contributed by atoms with Gasteiger partial charge in [-0.15, -0.1) is 0 Å². The Morgan fingerprint density at radius 2 is 2.00 bits per heavy atom. The quantitative estimate of drug-likeness (QED) is 0.748. The Balaban J connectivity index is 1.38. The number of nitrogens with one attached hydrogen (secondary N) is 1. The van der Waals surface area contributed by atoms with E-state index in [2.05, 4.69) is 15.1 Å². The number of hydrogen-bond donors (Lipinski definition) is 1.